The molecule has 2 aromatic heterocycles. The highest BCUT2D eigenvalue weighted by Gasteiger charge is 2.58. The van der Waals surface area contributed by atoms with Crippen molar-refractivity contribution in [3.63, 3.8) is 0 Å². The van der Waals surface area contributed by atoms with Gasteiger partial charge in [0.1, 0.15) is 5.52 Å². The molecular weight excluding hydrogens is 674 g/mol. The maximum Gasteiger partial charge on any atom is 0.345 e. The highest BCUT2D eigenvalue weighted by atomic mass is 35.5. The highest BCUT2D eigenvalue weighted by molar-refractivity contribution is 6.43. The molecule has 0 spiro atoms. The fraction of sp³-hybridized carbons (Fsp3) is 0.486. The van der Waals surface area contributed by atoms with Crippen LogP contribution in [0, 0.1) is 41.8 Å². The number of carbonyl (C=O) groups excluding carboxylic acids is 1. The average Bonchev–Trinajstić information content (AvgIpc) is 3.44. The quantitative estimate of drug-likeness (QED) is 0.199. The number of fused-ring (bicyclic) bond motifs is 6. The van der Waals surface area contributed by atoms with E-state index in [9.17, 15) is 18.8 Å². The molecule has 254 valence electrons. The number of alkyl halides is 2. The molecule has 3 saturated carbocycles. The number of piperidine rings is 1. The Labute approximate surface area is 291 Å². The Morgan fingerprint density at radius 2 is 2.00 bits per heavy atom. The fourth-order valence-corrected chi connectivity index (χ4v) is 9.97. The molecule has 3 saturated heterocycles. The Morgan fingerprint density at radius 1 is 1.18 bits per heavy atom. The fourth-order valence-electron chi connectivity index (χ4n) is 9.58. The van der Waals surface area contributed by atoms with Crippen LogP contribution in [-0.2, 0) is 16.0 Å². The second-order valence-corrected chi connectivity index (χ2v) is 15.3. The summed E-state index contributed by atoms with van der Waals surface area (Å²) in [7, 11) is 0. The summed E-state index contributed by atoms with van der Waals surface area (Å²) in [4.78, 5) is 20.8. The van der Waals surface area contributed by atoms with Crippen LogP contribution in [0.15, 0.2) is 30.3 Å². The van der Waals surface area contributed by atoms with Crippen molar-refractivity contribution in [3.05, 3.63) is 63.1 Å². The minimum atomic E-state index is -2.90. The number of pyridine rings is 1. The van der Waals surface area contributed by atoms with Gasteiger partial charge >= 0.3 is 6.61 Å². The predicted octanol–water partition coefficient (Wildman–Crippen LogP) is 8.28. The predicted molar refractivity (Wildman–Crippen MR) is 180 cm³/mol. The van der Waals surface area contributed by atoms with Gasteiger partial charge in [0, 0.05) is 70.2 Å². The zero-order valence-electron chi connectivity index (χ0n) is 26.7. The lowest BCUT2D eigenvalue weighted by molar-refractivity contribution is -0.184. The van der Waals surface area contributed by atoms with E-state index < -0.39 is 24.6 Å². The van der Waals surface area contributed by atoms with Crippen LogP contribution in [0.4, 0.5) is 13.2 Å². The van der Waals surface area contributed by atoms with Crippen molar-refractivity contribution in [2.75, 3.05) is 6.54 Å². The lowest BCUT2D eigenvalue weighted by Gasteiger charge is -2.43. The van der Waals surface area contributed by atoms with Crippen LogP contribution in [0.3, 0.4) is 0 Å². The molecule has 2 aromatic carbocycles. The normalized spacial score (nSPS) is 28.6. The lowest BCUT2D eigenvalue weighted by atomic mass is 9.79. The zero-order valence-corrected chi connectivity index (χ0v) is 28.2. The molecule has 4 aromatic rings. The molecule has 6 fully saturated rings. The Morgan fingerprint density at radius 3 is 2.69 bits per heavy atom. The number of aromatic nitrogens is 2. The van der Waals surface area contributed by atoms with Crippen molar-refractivity contribution < 1.29 is 22.7 Å². The largest absolute Gasteiger partial charge is 0.345 e. The molecule has 1 N–H and O–H groups in total. The van der Waals surface area contributed by atoms with Gasteiger partial charge in [-0.3, -0.25) is 4.79 Å². The van der Waals surface area contributed by atoms with E-state index in [-0.39, 0.29) is 64.8 Å². The number of likely N-dealkylation sites (tertiary alicyclic amines) is 1. The van der Waals surface area contributed by atoms with Gasteiger partial charge in [0.25, 0.3) is 0 Å². The van der Waals surface area contributed by atoms with Crippen LogP contribution in [0.1, 0.15) is 67.6 Å². The molecule has 3 aliphatic heterocycles. The van der Waals surface area contributed by atoms with Crippen LogP contribution in [0.5, 0.6) is 0 Å². The lowest BCUT2D eigenvalue weighted by Crippen LogP contribution is -2.47. The number of benzene rings is 2. The van der Waals surface area contributed by atoms with Crippen molar-refractivity contribution in [3.8, 4) is 17.2 Å². The molecule has 4 bridgehead atoms. The second kappa shape index (κ2) is 11.6. The molecular formula is C37H34Cl2F3N5O2. The Bertz CT molecular complexity index is 2080. The van der Waals surface area contributed by atoms with Gasteiger partial charge in [-0.15, -0.1) is 0 Å². The van der Waals surface area contributed by atoms with Gasteiger partial charge in [0.2, 0.25) is 5.91 Å². The number of halogens is 5. The molecule has 10 rings (SSSR count). The van der Waals surface area contributed by atoms with E-state index >= 15 is 4.39 Å². The van der Waals surface area contributed by atoms with Crippen LogP contribution in [-0.4, -0.2) is 51.7 Å². The first-order valence-corrected chi connectivity index (χ1v) is 17.9. The van der Waals surface area contributed by atoms with E-state index in [1.807, 2.05) is 17.9 Å². The Kier molecular flexibility index (Phi) is 7.48. The number of nitriles is 1. The van der Waals surface area contributed by atoms with E-state index in [2.05, 4.69) is 22.0 Å². The van der Waals surface area contributed by atoms with E-state index in [1.54, 1.807) is 18.2 Å². The maximum atomic E-state index is 17.1. The first kappa shape index (κ1) is 31.6. The smallest absolute Gasteiger partial charge is 0.337 e. The zero-order chi connectivity index (χ0) is 33.9. The van der Waals surface area contributed by atoms with Gasteiger partial charge in [0.05, 0.1) is 39.8 Å². The molecule has 49 heavy (non-hydrogen) atoms. The van der Waals surface area contributed by atoms with Gasteiger partial charge in [-0.05, 0) is 75.1 Å². The van der Waals surface area contributed by atoms with Gasteiger partial charge in [-0.1, -0.05) is 35.3 Å². The molecule has 12 heteroatoms. The number of rotatable bonds is 8. The molecule has 5 heterocycles. The topological polar surface area (TPSA) is 83.2 Å². The van der Waals surface area contributed by atoms with Crippen molar-refractivity contribution in [2.45, 2.75) is 88.8 Å². The van der Waals surface area contributed by atoms with Crippen LogP contribution >= 0.6 is 23.2 Å². The molecule has 0 radical (unpaired) electrons. The minimum Gasteiger partial charge on any atom is -0.337 e. The SMILES string of the molecule is Cc1nc2c(F)c(-c3cccc(Cl)c3Cl)c(CCC#N)cc2c2c1cc(C1C3CC(CC3OC(F)F)N1C(=O)C1CC1)n2C1C2CNC1C2. The standard InChI is InChI=1S/C37H34Cl2F3N5O2/c1-16-22-14-27(35-23-12-20(13-28(23)49-37(41)42)46(35)36(48)17-7-8-17)47(33-19-11-26(33)44-15-19)34(22)24-10-18(4-3-9-43)29(31(40)32(24)45-16)21-5-2-6-25(38)30(21)39/h2,5-6,10,14,17,19-20,23,26,28,33,35,37,44H,3-4,7-8,11-13,15H2,1H3. The third-order valence-corrected chi connectivity index (χ3v) is 12.6. The number of hydrogen-bond donors (Lipinski definition) is 1. The molecule has 7 atom stereocenters. The number of aryl methyl sites for hydroxylation is 2. The first-order chi connectivity index (χ1) is 23.7. The van der Waals surface area contributed by atoms with Gasteiger partial charge in [-0.25, -0.2) is 9.37 Å². The number of amides is 1. The maximum absolute atomic E-state index is 17.1. The van der Waals surface area contributed by atoms with Crippen LogP contribution < -0.4 is 5.32 Å². The molecule has 6 aliphatic rings. The third-order valence-electron chi connectivity index (χ3n) is 11.8. The van der Waals surface area contributed by atoms with Crippen molar-refractivity contribution in [2.24, 2.45) is 17.8 Å². The number of ether oxygens (including phenoxy) is 1. The molecule has 7 unspecified atom stereocenters. The Balaban J connectivity index is 1.32. The summed E-state index contributed by atoms with van der Waals surface area (Å²) in [6, 6.07) is 10.9. The number of carbonyl (C=O) groups is 1. The van der Waals surface area contributed by atoms with E-state index in [1.165, 1.54) is 0 Å². The molecule has 1 amide bonds. The van der Waals surface area contributed by atoms with E-state index in [0.29, 0.717) is 46.0 Å². The van der Waals surface area contributed by atoms with Crippen LogP contribution in [0.2, 0.25) is 10.0 Å². The van der Waals surface area contributed by atoms with Crippen molar-refractivity contribution in [1.82, 2.24) is 19.8 Å². The summed E-state index contributed by atoms with van der Waals surface area (Å²) in [5.74, 6) is -0.455. The number of nitrogens with one attached hydrogen (secondary N) is 1. The summed E-state index contributed by atoms with van der Waals surface area (Å²) in [5.41, 5.74) is 3.81. The number of nitrogens with zero attached hydrogens (tertiary/aromatic N) is 4. The molecule has 7 nitrogen and oxygen atoms in total. The summed E-state index contributed by atoms with van der Waals surface area (Å²) in [6.07, 6.45) is 3.46. The Hall–Kier alpha value is -3.36. The highest BCUT2D eigenvalue weighted by Crippen LogP contribution is 2.57. The second-order valence-electron chi connectivity index (χ2n) is 14.5. The van der Waals surface area contributed by atoms with Gasteiger partial charge < -0.3 is 19.5 Å². The number of hydrogen-bond acceptors (Lipinski definition) is 5. The van der Waals surface area contributed by atoms with Gasteiger partial charge in [0.15, 0.2) is 5.82 Å². The summed E-state index contributed by atoms with van der Waals surface area (Å²) in [6.45, 7) is -0.203. The van der Waals surface area contributed by atoms with Gasteiger partial charge in [-0.2, -0.15) is 14.0 Å². The summed E-state index contributed by atoms with van der Waals surface area (Å²) >= 11 is 13.0. The average molecular weight is 709 g/mol. The third kappa shape index (κ3) is 4.76. The van der Waals surface area contributed by atoms with Crippen LogP contribution in [0.25, 0.3) is 32.9 Å². The summed E-state index contributed by atoms with van der Waals surface area (Å²) < 4.78 is 52.0. The minimum absolute atomic E-state index is 0.0338. The van der Waals surface area contributed by atoms with E-state index in [4.69, 9.17) is 32.9 Å². The molecule has 3 aliphatic carbocycles. The summed E-state index contributed by atoms with van der Waals surface area (Å²) in [5, 5.41) is 15.1. The first-order valence-electron chi connectivity index (χ1n) is 17.1. The monoisotopic (exact) mass is 707 g/mol. The van der Waals surface area contributed by atoms with Crippen molar-refractivity contribution in [1.29, 1.82) is 5.26 Å². The van der Waals surface area contributed by atoms with Crippen molar-refractivity contribution >= 4 is 50.9 Å². The van der Waals surface area contributed by atoms with E-state index in [0.717, 1.165) is 42.4 Å².